The normalized spacial score (nSPS) is 11.1. The summed E-state index contributed by atoms with van der Waals surface area (Å²) in [6.07, 6.45) is 0. The summed E-state index contributed by atoms with van der Waals surface area (Å²) >= 11 is 18.8. The molecule has 1 heterocycles. The van der Waals surface area contributed by atoms with Crippen molar-refractivity contribution < 1.29 is 0 Å². The first-order valence-corrected chi connectivity index (χ1v) is 4.95. The van der Waals surface area contributed by atoms with Gasteiger partial charge < -0.3 is 0 Å². The number of halogens is 3. The van der Waals surface area contributed by atoms with Gasteiger partial charge in [-0.1, -0.05) is 41.7 Å². The molecule has 1 rings (SSSR count). The van der Waals surface area contributed by atoms with Gasteiger partial charge in [0.1, 0.15) is 4.34 Å². The maximum atomic E-state index is 5.86. The van der Waals surface area contributed by atoms with Crippen molar-refractivity contribution in [3.05, 3.63) is 26.2 Å². The van der Waals surface area contributed by atoms with Crippen molar-refractivity contribution in [3.8, 4) is 0 Å². The number of rotatable bonds is 1. The van der Waals surface area contributed by atoms with Crippen LogP contribution in [0.4, 0.5) is 0 Å². The summed E-state index contributed by atoms with van der Waals surface area (Å²) in [5, 5.41) is 0.546. The summed E-state index contributed by atoms with van der Waals surface area (Å²) in [6, 6.07) is 0. The van der Waals surface area contributed by atoms with Crippen LogP contribution in [0.5, 0.6) is 0 Å². The van der Waals surface area contributed by atoms with E-state index in [2.05, 4.69) is 6.92 Å². The lowest BCUT2D eigenvalue weighted by Crippen LogP contribution is -1.84. The molecule has 0 aromatic carbocycles. The van der Waals surface area contributed by atoms with Gasteiger partial charge in [0.2, 0.25) is 0 Å². The predicted molar refractivity (Wildman–Crippen MR) is 53.1 cm³/mol. The highest BCUT2D eigenvalue weighted by molar-refractivity contribution is 7.20. The van der Waals surface area contributed by atoms with Crippen molar-refractivity contribution >= 4 is 46.1 Å². The summed E-state index contributed by atoms with van der Waals surface area (Å²) in [5.41, 5.74) is 0.850. The number of hydrogen-bond donors (Lipinski definition) is 0. The van der Waals surface area contributed by atoms with Crippen LogP contribution in [-0.2, 0) is 0 Å². The van der Waals surface area contributed by atoms with E-state index in [9.17, 15) is 0 Å². The average Bonchev–Trinajstić information content (AvgIpc) is 2.07. The Labute approximate surface area is 85.1 Å². The summed E-state index contributed by atoms with van der Waals surface area (Å²) in [5.74, 6) is 0.0822. The number of hydrogen-bond acceptors (Lipinski definition) is 1. The molecule has 1 radical (unpaired) electrons. The second-order valence-corrected chi connectivity index (χ2v) is 4.88. The molecule has 1 atom stereocenters. The molecule has 0 nitrogen and oxygen atoms in total. The molecule has 1 aromatic heterocycles. The minimum atomic E-state index is 0.0822. The molecule has 0 bridgehead atoms. The molecule has 0 saturated heterocycles. The van der Waals surface area contributed by atoms with E-state index in [1.807, 2.05) is 6.92 Å². The molecule has 0 aliphatic carbocycles. The number of thiophene rings is 1. The fraction of sp³-hybridized carbons (Fsp3) is 0.286. The van der Waals surface area contributed by atoms with Crippen LogP contribution in [0.25, 0.3) is 0 Å². The van der Waals surface area contributed by atoms with Crippen molar-refractivity contribution in [2.45, 2.75) is 12.8 Å². The van der Waals surface area contributed by atoms with Gasteiger partial charge in [-0.05, 0) is 12.8 Å². The van der Waals surface area contributed by atoms with Crippen molar-refractivity contribution in [3.63, 3.8) is 0 Å². The van der Waals surface area contributed by atoms with Crippen LogP contribution in [0.3, 0.4) is 0 Å². The summed E-state index contributed by atoms with van der Waals surface area (Å²) in [6.45, 7) is 5.75. The maximum absolute atomic E-state index is 5.86. The SMILES string of the molecule is [CH2]C(C)c1c(Cl)sc(Cl)c1Cl. The summed E-state index contributed by atoms with van der Waals surface area (Å²) < 4.78 is 1.18. The fourth-order valence-corrected chi connectivity index (χ4v) is 3.02. The summed E-state index contributed by atoms with van der Waals surface area (Å²) in [7, 11) is 0. The molecule has 0 fully saturated rings. The first-order valence-electron chi connectivity index (χ1n) is 3.00. The Hall–Kier alpha value is 0.570. The molecule has 0 amide bonds. The molecule has 61 valence electrons. The second kappa shape index (κ2) is 3.53. The Morgan fingerprint density at radius 2 is 1.82 bits per heavy atom. The molecule has 0 spiro atoms. The third-order valence-electron chi connectivity index (χ3n) is 1.29. The quantitative estimate of drug-likeness (QED) is 0.657. The van der Waals surface area contributed by atoms with Gasteiger partial charge in [0.05, 0.1) is 9.36 Å². The molecule has 0 N–H and O–H groups in total. The van der Waals surface area contributed by atoms with E-state index >= 15 is 0 Å². The van der Waals surface area contributed by atoms with E-state index < -0.39 is 0 Å². The third-order valence-corrected chi connectivity index (χ3v) is 3.53. The van der Waals surface area contributed by atoms with Crippen LogP contribution in [0.2, 0.25) is 13.7 Å². The minimum Gasteiger partial charge on any atom is -0.110 e. The highest BCUT2D eigenvalue weighted by atomic mass is 35.5. The van der Waals surface area contributed by atoms with E-state index in [-0.39, 0.29) is 5.92 Å². The van der Waals surface area contributed by atoms with E-state index in [4.69, 9.17) is 34.8 Å². The van der Waals surface area contributed by atoms with Crippen LogP contribution >= 0.6 is 46.1 Å². The van der Waals surface area contributed by atoms with Crippen molar-refractivity contribution in [2.24, 2.45) is 0 Å². The molecular weight excluding hydrogens is 223 g/mol. The Kier molecular flexibility index (Phi) is 3.10. The lowest BCUT2D eigenvalue weighted by atomic mass is 10.1. The average molecular weight is 229 g/mol. The van der Waals surface area contributed by atoms with Crippen molar-refractivity contribution in [1.29, 1.82) is 0 Å². The molecule has 0 saturated carbocycles. The lowest BCUT2D eigenvalue weighted by Gasteiger charge is -2.02. The van der Waals surface area contributed by atoms with Gasteiger partial charge in [0.15, 0.2) is 0 Å². The first kappa shape index (κ1) is 9.66. The summed E-state index contributed by atoms with van der Waals surface area (Å²) in [4.78, 5) is 0. The molecule has 11 heavy (non-hydrogen) atoms. The minimum absolute atomic E-state index is 0.0822. The maximum Gasteiger partial charge on any atom is 0.113 e. The first-order chi connectivity index (χ1) is 5.04. The fourth-order valence-electron chi connectivity index (χ4n) is 0.781. The standard InChI is InChI=1S/C7H6Cl3S/c1-3(2)4-5(8)7(10)11-6(4)9/h3H,1H2,2H3. The molecule has 1 aromatic rings. The van der Waals surface area contributed by atoms with Crippen LogP contribution in [0.15, 0.2) is 0 Å². The zero-order valence-corrected chi connectivity index (χ0v) is 8.91. The molecule has 1 unspecified atom stereocenters. The van der Waals surface area contributed by atoms with Gasteiger partial charge >= 0.3 is 0 Å². The van der Waals surface area contributed by atoms with E-state index in [1.54, 1.807) is 0 Å². The van der Waals surface area contributed by atoms with E-state index in [1.165, 1.54) is 11.3 Å². The Bertz CT molecular complexity index is 265. The van der Waals surface area contributed by atoms with Crippen LogP contribution in [0.1, 0.15) is 18.4 Å². The van der Waals surface area contributed by atoms with Crippen LogP contribution < -0.4 is 0 Å². The Morgan fingerprint density at radius 1 is 1.27 bits per heavy atom. The largest absolute Gasteiger partial charge is 0.113 e. The van der Waals surface area contributed by atoms with Gasteiger partial charge in [-0.15, -0.1) is 11.3 Å². The zero-order valence-electron chi connectivity index (χ0n) is 5.83. The molecule has 0 aliphatic heterocycles. The Balaban J connectivity index is 3.22. The van der Waals surface area contributed by atoms with Gasteiger partial charge in [-0.2, -0.15) is 0 Å². The van der Waals surface area contributed by atoms with Gasteiger partial charge in [0.25, 0.3) is 0 Å². The Morgan fingerprint density at radius 3 is 2.00 bits per heavy atom. The van der Waals surface area contributed by atoms with Gasteiger partial charge in [-0.3, -0.25) is 0 Å². The molecule has 4 heteroatoms. The lowest BCUT2D eigenvalue weighted by molar-refractivity contribution is 0.973. The van der Waals surface area contributed by atoms with E-state index in [0.717, 1.165) is 5.56 Å². The third kappa shape index (κ3) is 1.83. The van der Waals surface area contributed by atoms with Crippen molar-refractivity contribution in [1.82, 2.24) is 0 Å². The predicted octanol–water partition coefficient (Wildman–Crippen LogP) is 4.65. The highest BCUT2D eigenvalue weighted by Crippen LogP contribution is 2.43. The van der Waals surface area contributed by atoms with Crippen LogP contribution in [0, 0.1) is 6.92 Å². The molecule has 0 aliphatic rings. The van der Waals surface area contributed by atoms with Crippen LogP contribution in [-0.4, -0.2) is 0 Å². The monoisotopic (exact) mass is 227 g/mol. The second-order valence-electron chi connectivity index (χ2n) is 2.28. The smallest absolute Gasteiger partial charge is 0.110 e. The van der Waals surface area contributed by atoms with Gasteiger partial charge in [-0.25, -0.2) is 0 Å². The molecular formula is C7H6Cl3S. The highest BCUT2D eigenvalue weighted by Gasteiger charge is 2.16. The van der Waals surface area contributed by atoms with E-state index in [0.29, 0.717) is 13.7 Å². The van der Waals surface area contributed by atoms with Crippen molar-refractivity contribution in [2.75, 3.05) is 0 Å². The topological polar surface area (TPSA) is 0 Å². The zero-order chi connectivity index (χ0) is 8.59. The van der Waals surface area contributed by atoms with Gasteiger partial charge in [0, 0.05) is 5.56 Å².